The van der Waals surface area contributed by atoms with E-state index in [-0.39, 0.29) is 0 Å². The molecule has 0 aliphatic rings. The second kappa shape index (κ2) is 7.28. The van der Waals surface area contributed by atoms with Crippen LogP contribution in [0.15, 0.2) is 54.6 Å². The van der Waals surface area contributed by atoms with Gasteiger partial charge in [0.1, 0.15) is 6.11 Å². The van der Waals surface area contributed by atoms with Crippen LogP contribution in [0.5, 0.6) is 0 Å². The maximum atomic E-state index is 8.36. The van der Waals surface area contributed by atoms with E-state index in [0.29, 0.717) is 0 Å². The fraction of sp³-hybridized carbons (Fsp3) is 0.222. The van der Waals surface area contributed by atoms with Gasteiger partial charge in [-0.2, -0.15) is 0 Å². The summed E-state index contributed by atoms with van der Waals surface area (Å²) in [5.74, 6) is 2.67. The molecule has 0 unspecified atom stereocenters. The lowest BCUT2D eigenvalue weighted by molar-refractivity contribution is 0.515. The molecule has 0 saturated carbocycles. The Bertz CT molecular complexity index is 544. The Balaban J connectivity index is 1.89. The van der Waals surface area contributed by atoms with E-state index in [1.54, 1.807) is 0 Å². The normalized spacial score (nSPS) is 9.68. The second-order valence-electron chi connectivity index (χ2n) is 4.56. The van der Waals surface area contributed by atoms with E-state index in [4.69, 9.17) is 5.11 Å². The van der Waals surface area contributed by atoms with Crippen molar-refractivity contribution >= 4 is 0 Å². The molecule has 2 aromatic rings. The van der Waals surface area contributed by atoms with Crippen LogP contribution in [0.3, 0.4) is 0 Å². The summed E-state index contributed by atoms with van der Waals surface area (Å²) in [4.78, 5) is 0. The van der Waals surface area contributed by atoms with Crippen LogP contribution in [-0.4, -0.2) is 5.11 Å². The summed E-state index contributed by atoms with van der Waals surface area (Å²) < 4.78 is 0. The van der Waals surface area contributed by atoms with Gasteiger partial charge < -0.3 is 5.11 Å². The number of hydrogen-bond donors (Lipinski definition) is 1. The van der Waals surface area contributed by atoms with Gasteiger partial charge in [-0.3, -0.25) is 0 Å². The smallest absolute Gasteiger partial charge is 0.107 e. The summed E-state index contributed by atoms with van der Waals surface area (Å²) in [5, 5.41) is 8.36. The van der Waals surface area contributed by atoms with Gasteiger partial charge in [-0.25, -0.2) is 0 Å². The fourth-order valence-corrected chi connectivity index (χ4v) is 2.09. The number of aryl methyl sites for hydroxylation is 1. The minimum absolute atomic E-state index is 0.776. The van der Waals surface area contributed by atoms with Gasteiger partial charge in [0.15, 0.2) is 0 Å². The molecule has 0 aliphatic heterocycles. The lowest BCUT2D eigenvalue weighted by atomic mass is 10.0. The van der Waals surface area contributed by atoms with Crippen molar-refractivity contribution < 1.29 is 5.11 Å². The van der Waals surface area contributed by atoms with Crippen molar-refractivity contribution in [1.29, 1.82) is 0 Å². The molecule has 1 nitrogen and oxygen atoms in total. The van der Waals surface area contributed by atoms with Gasteiger partial charge in [-0.05, 0) is 36.0 Å². The van der Waals surface area contributed by atoms with Crippen molar-refractivity contribution in [2.24, 2.45) is 0 Å². The van der Waals surface area contributed by atoms with Crippen LogP contribution >= 0.6 is 0 Å². The van der Waals surface area contributed by atoms with Crippen molar-refractivity contribution in [3.05, 3.63) is 60.2 Å². The summed E-state index contributed by atoms with van der Waals surface area (Å²) in [7, 11) is 0. The van der Waals surface area contributed by atoms with Crippen molar-refractivity contribution in [3.63, 3.8) is 0 Å². The molecular weight excluding hydrogens is 232 g/mol. The summed E-state index contributed by atoms with van der Waals surface area (Å²) in [6.45, 7) is 0. The zero-order chi connectivity index (χ0) is 13.3. The molecule has 0 fully saturated rings. The zero-order valence-corrected chi connectivity index (χ0v) is 11.0. The van der Waals surface area contributed by atoms with Crippen LogP contribution < -0.4 is 0 Å². The Morgan fingerprint density at radius 3 is 2.16 bits per heavy atom. The molecule has 2 rings (SSSR count). The Hall–Kier alpha value is -2.20. The molecule has 0 atom stereocenters. The third kappa shape index (κ3) is 4.19. The predicted molar refractivity (Wildman–Crippen MR) is 79.1 cm³/mol. The standard InChI is InChI=1S/C18H18O/c19-15-7-2-1-4-8-16-11-13-18(14-12-16)17-9-5-3-6-10-17/h3,5-6,9-14,19H,1-2,4,8H2. The summed E-state index contributed by atoms with van der Waals surface area (Å²) in [6, 6.07) is 19.2. The minimum atomic E-state index is 0.776. The molecule has 0 radical (unpaired) electrons. The van der Waals surface area contributed by atoms with E-state index in [1.807, 2.05) is 12.2 Å². The first-order valence-electron chi connectivity index (χ1n) is 6.66. The Morgan fingerprint density at radius 1 is 0.789 bits per heavy atom. The number of aliphatic hydroxyl groups is 1. The van der Waals surface area contributed by atoms with E-state index < -0.39 is 0 Å². The van der Waals surface area contributed by atoms with Gasteiger partial charge in [-0.1, -0.05) is 60.5 Å². The highest BCUT2D eigenvalue weighted by Crippen LogP contribution is 2.19. The third-order valence-corrected chi connectivity index (χ3v) is 3.16. The van der Waals surface area contributed by atoms with E-state index in [9.17, 15) is 0 Å². The van der Waals surface area contributed by atoms with Crippen LogP contribution in [0.2, 0.25) is 0 Å². The maximum absolute atomic E-state index is 8.36. The van der Waals surface area contributed by atoms with E-state index in [1.165, 1.54) is 16.7 Å². The molecule has 96 valence electrons. The Kier molecular flexibility index (Phi) is 5.07. The van der Waals surface area contributed by atoms with E-state index >= 15 is 0 Å². The molecule has 0 aliphatic carbocycles. The predicted octanol–water partition coefficient (Wildman–Crippen LogP) is 4.40. The molecule has 0 spiro atoms. The average molecular weight is 250 g/mol. The number of hydrogen-bond acceptors (Lipinski definition) is 1. The van der Waals surface area contributed by atoms with Gasteiger partial charge >= 0.3 is 0 Å². The molecule has 0 saturated heterocycles. The maximum Gasteiger partial charge on any atom is 0.107 e. The monoisotopic (exact) mass is 250 g/mol. The highest BCUT2D eigenvalue weighted by atomic mass is 16.2. The molecular formula is C18H18O. The van der Waals surface area contributed by atoms with Crippen molar-refractivity contribution in [2.45, 2.75) is 25.7 Å². The van der Waals surface area contributed by atoms with Crippen molar-refractivity contribution in [1.82, 2.24) is 0 Å². The van der Waals surface area contributed by atoms with Gasteiger partial charge in [-0.15, -0.1) is 0 Å². The first kappa shape index (κ1) is 13.2. The lowest BCUT2D eigenvalue weighted by Crippen LogP contribution is -1.86. The molecule has 19 heavy (non-hydrogen) atoms. The molecule has 1 N–H and O–H groups in total. The number of benzene rings is 2. The molecule has 1 heteroatoms. The average Bonchev–Trinajstić information content (AvgIpc) is 2.49. The van der Waals surface area contributed by atoms with Gasteiger partial charge in [0, 0.05) is 6.42 Å². The third-order valence-electron chi connectivity index (χ3n) is 3.16. The topological polar surface area (TPSA) is 20.2 Å². The number of aliphatic hydroxyl groups excluding tert-OH is 1. The molecule has 0 amide bonds. The van der Waals surface area contributed by atoms with Crippen LogP contribution in [0.4, 0.5) is 0 Å². The largest absolute Gasteiger partial charge is 0.462 e. The van der Waals surface area contributed by atoms with Gasteiger partial charge in [0.05, 0.1) is 0 Å². The Labute approximate surface area is 114 Å². The molecule has 0 heterocycles. The summed E-state index contributed by atoms with van der Waals surface area (Å²) in [6.07, 6.45) is 5.94. The van der Waals surface area contributed by atoms with Crippen molar-refractivity contribution in [3.8, 4) is 23.2 Å². The van der Waals surface area contributed by atoms with Gasteiger partial charge in [0.2, 0.25) is 0 Å². The SMILES string of the molecule is OC#CCCCCc1ccc(-c2ccccc2)cc1. The quantitative estimate of drug-likeness (QED) is 0.616. The lowest BCUT2D eigenvalue weighted by Gasteiger charge is -2.04. The molecule has 2 aromatic carbocycles. The molecule has 0 bridgehead atoms. The Morgan fingerprint density at radius 2 is 1.47 bits per heavy atom. The van der Waals surface area contributed by atoms with Crippen LogP contribution in [-0.2, 0) is 6.42 Å². The zero-order valence-electron chi connectivity index (χ0n) is 11.0. The number of rotatable bonds is 5. The van der Waals surface area contributed by atoms with E-state index in [0.717, 1.165) is 25.7 Å². The highest BCUT2D eigenvalue weighted by molar-refractivity contribution is 5.63. The first-order chi connectivity index (χ1) is 9.40. The van der Waals surface area contributed by atoms with Crippen LogP contribution in [0.25, 0.3) is 11.1 Å². The molecule has 0 aromatic heterocycles. The van der Waals surface area contributed by atoms with Crippen molar-refractivity contribution in [2.75, 3.05) is 0 Å². The number of unbranched alkanes of at least 4 members (excludes halogenated alkanes) is 2. The summed E-state index contributed by atoms with van der Waals surface area (Å²) in [5.41, 5.74) is 3.87. The summed E-state index contributed by atoms with van der Waals surface area (Å²) >= 11 is 0. The van der Waals surface area contributed by atoms with E-state index in [2.05, 4.69) is 54.5 Å². The highest BCUT2D eigenvalue weighted by Gasteiger charge is 1.97. The van der Waals surface area contributed by atoms with Crippen LogP contribution in [0.1, 0.15) is 24.8 Å². The first-order valence-corrected chi connectivity index (χ1v) is 6.66. The fourth-order valence-electron chi connectivity index (χ4n) is 2.09. The second-order valence-corrected chi connectivity index (χ2v) is 4.56. The minimum Gasteiger partial charge on any atom is -0.462 e. The van der Waals surface area contributed by atoms with Crippen LogP contribution in [0, 0.1) is 12.0 Å². The van der Waals surface area contributed by atoms with Gasteiger partial charge in [0.25, 0.3) is 0 Å².